The molecule has 0 aliphatic carbocycles. The summed E-state index contributed by atoms with van der Waals surface area (Å²) in [7, 11) is 2.98. The molecule has 0 amide bonds. The van der Waals surface area contributed by atoms with Gasteiger partial charge in [-0.1, -0.05) is 0 Å². The maximum Gasteiger partial charge on any atom is 2.00 e. The zero-order valence-corrected chi connectivity index (χ0v) is 10.3. The van der Waals surface area contributed by atoms with Gasteiger partial charge in [-0.05, 0) is 6.07 Å². The standard InChI is InChI=1S/C7H5FNO3.CH3.W/c1-12-7-3-2-5(9(10)11)4-6(7)8;;/h2-4H,1H2;1H3;/q2*-1;+2. The van der Waals surface area contributed by atoms with E-state index in [9.17, 15) is 14.5 Å². The maximum absolute atomic E-state index is 12.7. The summed E-state index contributed by atoms with van der Waals surface area (Å²) in [6.07, 6.45) is 0. The fraction of sp³-hybridized carbons (Fsp3) is 0. The Morgan fingerprint density at radius 3 is 2.43 bits per heavy atom. The number of nitro benzene ring substituents is 1. The molecule has 0 unspecified atom stereocenters. The predicted octanol–water partition coefficient (Wildman–Crippen LogP) is 2.35. The van der Waals surface area contributed by atoms with Gasteiger partial charge in [-0.2, -0.15) is 7.11 Å². The molecule has 0 heterocycles. The van der Waals surface area contributed by atoms with Crippen LogP contribution in [-0.4, -0.2) is 4.92 Å². The van der Waals surface area contributed by atoms with Gasteiger partial charge in [-0.15, -0.1) is 0 Å². The van der Waals surface area contributed by atoms with Crippen molar-refractivity contribution in [2.45, 2.75) is 0 Å². The molecule has 14 heavy (non-hydrogen) atoms. The van der Waals surface area contributed by atoms with E-state index in [1.807, 2.05) is 0 Å². The van der Waals surface area contributed by atoms with E-state index in [0.717, 1.165) is 18.2 Å². The van der Waals surface area contributed by atoms with Gasteiger partial charge in [0.05, 0.1) is 11.0 Å². The van der Waals surface area contributed by atoms with Crippen molar-refractivity contribution in [2.24, 2.45) is 0 Å². The van der Waals surface area contributed by atoms with Crippen LogP contribution in [0.1, 0.15) is 0 Å². The number of ether oxygens (including phenoxy) is 1. The molecule has 0 fully saturated rings. The quantitative estimate of drug-likeness (QED) is 0.457. The molecule has 1 aromatic rings. The largest absolute Gasteiger partial charge is 2.00 e. The van der Waals surface area contributed by atoms with E-state index in [0.29, 0.717) is 0 Å². The number of non-ortho nitro benzene ring substituents is 1. The summed E-state index contributed by atoms with van der Waals surface area (Å²) in [5.41, 5.74) is -0.312. The Hall–Kier alpha value is -0.962. The number of nitrogens with zero attached hydrogens (tertiary/aromatic N) is 1. The van der Waals surface area contributed by atoms with Crippen molar-refractivity contribution in [1.82, 2.24) is 0 Å². The first kappa shape index (κ1) is 15.5. The van der Waals surface area contributed by atoms with Crippen molar-refractivity contribution in [3.63, 3.8) is 0 Å². The second-order valence-electron chi connectivity index (χ2n) is 2.02. The molecule has 4 nitrogen and oxygen atoms in total. The van der Waals surface area contributed by atoms with Crippen molar-refractivity contribution in [1.29, 1.82) is 0 Å². The van der Waals surface area contributed by atoms with Crippen molar-refractivity contribution in [3.8, 4) is 5.75 Å². The van der Waals surface area contributed by atoms with Gasteiger partial charge in [0.2, 0.25) is 0 Å². The van der Waals surface area contributed by atoms with E-state index in [4.69, 9.17) is 0 Å². The molecule has 1 rings (SSSR count). The molecule has 0 aliphatic heterocycles. The van der Waals surface area contributed by atoms with E-state index in [1.165, 1.54) is 0 Å². The molecule has 0 atom stereocenters. The van der Waals surface area contributed by atoms with Gasteiger partial charge in [0.25, 0.3) is 5.69 Å². The molecule has 0 aromatic heterocycles. The molecule has 0 saturated carbocycles. The average Bonchev–Trinajstić information content (AvgIpc) is 2.04. The zero-order chi connectivity index (χ0) is 9.14. The summed E-state index contributed by atoms with van der Waals surface area (Å²) < 4.78 is 17.1. The Balaban J connectivity index is 0. The molecular weight excluding hydrogens is 361 g/mol. The molecule has 0 bridgehead atoms. The minimum Gasteiger partial charge on any atom is -0.663 e. The van der Waals surface area contributed by atoms with Crippen LogP contribution in [0.5, 0.6) is 5.75 Å². The van der Waals surface area contributed by atoms with Gasteiger partial charge in [0.1, 0.15) is 5.75 Å². The zero-order valence-electron chi connectivity index (χ0n) is 7.40. The van der Waals surface area contributed by atoms with Crippen molar-refractivity contribution >= 4 is 5.69 Å². The van der Waals surface area contributed by atoms with Crippen molar-refractivity contribution in [2.75, 3.05) is 0 Å². The molecule has 76 valence electrons. The second kappa shape index (κ2) is 6.49. The minimum absolute atomic E-state index is 0. The number of halogens is 1. The summed E-state index contributed by atoms with van der Waals surface area (Å²) in [4.78, 5) is 9.45. The van der Waals surface area contributed by atoms with Crippen LogP contribution in [0.25, 0.3) is 0 Å². The third-order valence-electron chi connectivity index (χ3n) is 1.28. The van der Waals surface area contributed by atoms with Gasteiger partial charge in [-0.25, -0.2) is 4.39 Å². The van der Waals surface area contributed by atoms with Gasteiger partial charge in [0, 0.05) is 6.07 Å². The van der Waals surface area contributed by atoms with Gasteiger partial charge >= 0.3 is 21.1 Å². The number of rotatable bonds is 2. The third kappa shape index (κ3) is 3.42. The van der Waals surface area contributed by atoms with E-state index in [-0.39, 0.29) is 39.9 Å². The van der Waals surface area contributed by atoms with Gasteiger partial charge < -0.3 is 12.2 Å². The number of hydrogen-bond donors (Lipinski definition) is 0. The van der Waals surface area contributed by atoms with Crippen LogP contribution >= 0.6 is 0 Å². The Morgan fingerprint density at radius 1 is 1.50 bits per heavy atom. The number of hydrogen-bond acceptors (Lipinski definition) is 3. The van der Waals surface area contributed by atoms with Crippen LogP contribution in [0.2, 0.25) is 0 Å². The van der Waals surface area contributed by atoms with E-state index in [1.54, 1.807) is 0 Å². The van der Waals surface area contributed by atoms with Crippen molar-refractivity contribution in [3.05, 3.63) is 48.7 Å². The smallest absolute Gasteiger partial charge is 0.663 e. The molecule has 6 heteroatoms. The van der Waals surface area contributed by atoms with E-state index in [2.05, 4.69) is 11.8 Å². The van der Waals surface area contributed by atoms with Crippen molar-refractivity contribution < 1.29 is 35.1 Å². The predicted molar refractivity (Wildman–Crippen MR) is 45.5 cm³/mol. The summed E-state index contributed by atoms with van der Waals surface area (Å²) in [5, 5.41) is 10.1. The molecule has 0 radical (unpaired) electrons. The third-order valence-corrected chi connectivity index (χ3v) is 1.28. The van der Waals surface area contributed by atoms with Crippen LogP contribution in [-0.2, 0) is 21.1 Å². The minimum atomic E-state index is -0.792. The Bertz CT molecular complexity index is 319. The fourth-order valence-corrected chi connectivity index (χ4v) is 0.720. The summed E-state index contributed by atoms with van der Waals surface area (Å²) in [6.45, 7) is 0. The molecule has 1 aromatic carbocycles. The molecule has 0 spiro atoms. The Kier molecular flexibility index (Phi) is 7.18. The number of benzene rings is 1. The summed E-state index contributed by atoms with van der Waals surface area (Å²) >= 11 is 0. The first-order valence-electron chi connectivity index (χ1n) is 3.01. The van der Waals surface area contributed by atoms with Crippen LogP contribution in [0.3, 0.4) is 0 Å². The molecule has 0 saturated heterocycles. The summed E-state index contributed by atoms with van der Waals surface area (Å²) in [6, 6.07) is 3.07. The Labute approximate surface area is 95.5 Å². The van der Waals surface area contributed by atoms with E-state index < -0.39 is 10.7 Å². The number of nitro groups is 1. The molecular formula is C8H8FNO3W. The van der Waals surface area contributed by atoms with Crippen LogP contribution in [0.15, 0.2) is 18.2 Å². The van der Waals surface area contributed by atoms with E-state index >= 15 is 0 Å². The topological polar surface area (TPSA) is 52.4 Å². The normalized spacial score (nSPS) is 8.14. The van der Waals surface area contributed by atoms with Gasteiger partial charge in [-0.3, -0.25) is 10.1 Å². The average molecular weight is 369 g/mol. The first-order chi connectivity index (χ1) is 5.65. The van der Waals surface area contributed by atoms with Crippen LogP contribution in [0, 0.1) is 30.5 Å². The van der Waals surface area contributed by atoms with Crippen LogP contribution in [0.4, 0.5) is 10.1 Å². The molecule has 0 aliphatic rings. The summed E-state index contributed by atoms with van der Waals surface area (Å²) in [5.74, 6) is -0.903. The SMILES string of the molecule is [CH2-]Oc1ccc([N+](=O)[O-])cc1F.[CH3-].[W+2]. The monoisotopic (exact) mass is 369 g/mol. The first-order valence-corrected chi connectivity index (χ1v) is 3.01. The second-order valence-corrected chi connectivity index (χ2v) is 2.02. The fourth-order valence-electron chi connectivity index (χ4n) is 0.720. The van der Waals surface area contributed by atoms with Crippen LogP contribution < -0.4 is 4.74 Å². The van der Waals surface area contributed by atoms with Gasteiger partial charge in [0.15, 0.2) is 5.82 Å². The maximum atomic E-state index is 12.7. The Morgan fingerprint density at radius 2 is 2.07 bits per heavy atom. The molecule has 0 N–H and O–H groups in total.